The summed E-state index contributed by atoms with van der Waals surface area (Å²) < 4.78 is 0. The monoisotopic (exact) mass is 226 g/mol. The minimum Gasteiger partial charge on any atom is -0.0590 e. The highest BCUT2D eigenvalue weighted by molar-refractivity contribution is 5.26. The molecule has 1 aromatic rings. The van der Waals surface area contributed by atoms with Crippen LogP contribution in [0.4, 0.5) is 0 Å². The van der Waals surface area contributed by atoms with E-state index in [0.717, 1.165) is 29.6 Å². The second-order valence-corrected chi connectivity index (χ2v) is 6.74. The summed E-state index contributed by atoms with van der Waals surface area (Å²) in [6.07, 6.45) is 7.67. The maximum Gasteiger partial charge on any atom is -0.0156 e. The number of fused-ring (bicyclic) bond motifs is 5. The summed E-state index contributed by atoms with van der Waals surface area (Å²) in [5.74, 6) is 5.30. The molecule has 3 saturated carbocycles. The summed E-state index contributed by atoms with van der Waals surface area (Å²) in [6, 6.07) is 9.34. The highest BCUT2D eigenvalue weighted by Crippen LogP contribution is 2.61. The predicted octanol–water partition coefficient (Wildman–Crippen LogP) is 4.53. The van der Waals surface area contributed by atoms with Crippen LogP contribution in [0.15, 0.2) is 24.3 Å². The molecule has 3 aliphatic rings. The lowest BCUT2D eigenvalue weighted by Crippen LogP contribution is -2.15. The summed E-state index contributed by atoms with van der Waals surface area (Å²) in [5.41, 5.74) is 3.01. The van der Waals surface area contributed by atoms with Gasteiger partial charge in [-0.2, -0.15) is 0 Å². The number of aryl methyl sites for hydroxylation is 1. The van der Waals surface area contributed by atoms with E-state index in [2.05, 4.69) is 31.2 Å². The van der Waals surface area contributed by atoms with Gasteiger partial charge in [0.1, 0.15) is 0 Å². The fourth-order valence-electron chi connectivity index (χ4n) is 5.13. The van der Waals surface area contributed by atoms with E-state index in [9.17, 15) is 0 Å². The second-order valence-electron chi connectivity index (χ2n) is 6.74. The van der Waals surface area contributed by atoms with Crippen molar-refractivity contribution >= 4 is 0 Å². The molecule has 17 heavy (non-hydrogen) atoms. The first-order chi connectivity index (χ1) is 8.31. The van der Waals surface area contributed by atoms with Gasteiger partial charge in [0.2, 0.25) is 0 Å². The fraction of sp³-hybridized carbons (Fsp3) is 0.647. The zero-order valence-corrected chi connectivity index (χ0v) is 10.7. The van der Waals surface area contributed by atoms with E-state index < -0.39 is 0 Å². The molecule has 0 heteroatoms. The van der Waals surface area contributed by atoms with Crippen LogP contribution in [-0.4, -0.2) is 0 Å². The molecule has 3 fully saturated rings. The van der Waals surface area contributed by atoms with Crippen molar-refractivity contribution in [2.24, 2.45) is 23.7 Å². The number of rotatable bonds is 1. The van der Waals surface area contributed by atoms with E-state index >= 15 is 0 Å². The lowest BCUT2D eigenvalue weighted by Gasteiger charge is -2.23. The molecule has 4 unspecified atom stereocenters. The van der Waals surface area contributed by atoms with Crippen LogP contribution in [0.1, 0.15) is 49.1 Å². The maximum absolute atomic E-state index is 2.38. The van der Waals surface area contributed by atoms with Crippen LogP contribution in [0.2, 0.25) is 0 Å². The largest absolute Gasteiger partial charge is 0.0590 e. The van der Waals surface area contributed by atoms with E-state index in [4.69, 9.17) is 0 Å². The molecule has 3 aliphatic carbocycles. The molecule has 0 spiro atoms. The topological polar surface area (TPSA) is 0 Å². The van der Waals surface area contributed by atoms with E-state index in [-0.39, 0.29) is 0 Å². The van der Waals surface area contributed by atoms with E-state index in [0.29, 0.717) is 0 Å². The summed E-state index contributed by atoms with van der Waals surface area (Å²) in [7, 11) is 0. The summed E-state index contributed by atoms with van der Waals surface area (Å²) >= 11 is 0. The Morgan fingerprint density at radius 3 is 2.00 bits per heavy atom. The Bertz CT molecular complexity index is 398. The highest BCUT2D eigenvalue weighted by atomic mass is 14.6. The first-order valence-electron chi connectivity index (χ1n) is 7.38. The molecule has 4 rings (SSSR count). The fourth-order valence-corrected chi connectivity index (χ4v) is 5.13. The molecule has 0 N–H and O–H groups in total. The molecule has 4 atom stereocenters. The third kappa shape index (κ3) is 1.49. The van der Waals surface area contributed by atoms with E-state index in [1.807, 2.05) is 0 Å². The van der Waals surface area contributed by atoms with Crippen molar-refractivity contribution in [2.45, 2.75) is 44.9 Å². The van der Waals surface area contributed by atoms with Crippen molar-refractivity contribution in [3.05, 3.63) is 35.4 Å². The lowest BCUT2D eigenvalue weighted by atomic mass is 9.82. The van der Waals surface area contributed by atoms with Gasteiger partial charge in [-0.3, -0.25) is 0 Å². The SMILES string of the molecule is Cc1ccc(C2CC3C4CCC(C4)C3C2)cc1. The molecule has 0 aromatic heterocycles. The molecular formula is C17H22. The van der Waals surface area contributed by atoms with Crippen LogP contribution in [-0.2, 0) is 0 Å². The van der Waals surface area contributed by atoms with Crippen molar-refractivity contribution in [1.29, 1.82) is 0 Å². The first-order valence-corrected chi connectivity index (χ1v) is 7.38. The Morgan fingerprint density at radius 1 is 0.824 bits per heavy atom. The Kier molecular flexibility index (Phi) is 2.16. The summed E-state index contributed by atoms with van der Waals surface area (Å²) in [5, 5.41) is 0. The Hall–Kier alpha value is -0.780. The Morgan fingerprint density at radius 2 is 1.41 bits per heavy atom. The predicted molar refractivity (Wildman–Crippen MR) is 71.0 cm³/mol. The first kappa shape index (κ1) is 10.2. The van der Waals surface area contributed by atoms with Crippen molar-refractivity contribution in [1.82, 2.24) is 0 Å². The Balaban J connectivity index is 1.57. The van der Waals surface area contributed by atoms with Crippen LogP contribution in [0.25, 0.3) is 0 Å². The number of hydrogen-bond acceptors (Lipinski definition) is 0. The van der Waals surface area contributed by atoms with Gasteiger partial charge in [0.05, 0.1) is 0 Å². The normalized spacial score (nSPS) is 43.0. The average Bonchev–Trinajstić information content (AvgIpc) is 3.02. The third-order valence-corrected chi connectivity index (χ3v) is 5.94. The zero-order chi connectivity index (χ0) is 11.4. The molecule has 2 bridgehead atoms. The molecular weight excluding hydrogens is 204 g/mol. The quantitative estimate of drug-likeness (QED) is 0.659. The van der Waals surface area contributed by atoms with Gasteiger partial charge >= 0.3 is 0 Å². The molecule has 0 amide bonds. The molecule has 0 saturated heterocycles. The second kappa shape index (κ2) is 3.60. The average molecular weight is 226 g/mol. The van der Waals surface area contributed by atoms with Gasteiger partial charge in [-0.15, -0.1) is 0 Å². The van der Waals surface area contributed by atoms with Gasteiger partial charge in [-0.05, 0) is 74.2 Å². The lowest BCUT2D eigenvalue weighted by molar-refractivity contribution is 0.259. The van der Waals surface area contributed by atoms with Crippen LogP contribution in [0, 0.1) is 30.6 Å². The molecule has 0 aliphatic heterocycles. The van der Waals surface area contributed by atoms with Crippen LogP contribution in [0.3, 0.4) is 0 Å². The van der Waals surface area contributed by atoms with Crippen LogP contribution in [0.5, 0.6) is 0 Å². The zero-order valence-electron chi connectivity index (χ0n) is 10.7. The van der Waals surface area contributed by atoms with E-state index in [1.54, 1.807) is 24.8 Å². The minimum atomic E-state index is 0.883. The van der Waals surface area contributed by atoms with Gasteiger partial charge in [-0.25, -0.2) is 0 Å². The number of benzene rings is 1. The smallest absolute Gasteiger partial charge is 0.0156 e. The van der Waals surface area contributed by atoms with Crippen molar-refractivity contribution in [3.63, 3.8) is 0 Å². The van der Waals surface area contributed by atoms with Gasteiger partial charge < -0.3 is 0 Å². The standard InChI is InChI=1S/C17H22/c1-11-2-4-12(5-3-11)15-9-16-13-6-7-14(8-13)17(16)10-15/h2-5,13-17H,6-10H2,1H3. The number of hydrogen-bond donors (Lipinski definition) is 0. The highest BCUT2D eigenvalue weighted by Gasteiger charge is 2.51. The van der Waals surface area contributed by atoms with Gasteiger partial charge in [0.15, 0.2) is 0 Å². The van der Waals surface area contributed by atoms with Crippen molar-refractivity contribution in [3.8, 4) is 0 Å². The molecule has 90 valence electrons. The molecule has 0 heterocycles. The van der Waals surface area contributed by atoms with Gasteiger partial charge in [0.25, 0.3) is 0 Å². The Labute approximate surface area is 104 Å². The van der Waals surface area contributed by atoms with Gasteiger partial charge in [0, 0.05) is 0 Å². The summed E-state index contributed by atoms with van der Waals surface area (Å²) in [4.78, 5) is 0. The molecule has 0 radical (unpaired) electrons. The van der Waals surface area contributed by atoms with Crippen LogP contribution < -0.4 is 0 Å². The van der Waals surface area contributed by atoms with Gasteiger partial charge in [-0.1, -0.05) is 29.8 Å². The molecule has 0 nitrogen and oxygen atoms in total. The summed E-state index contributed by atoms with van der Waals surface area (Å²) in [6.45, 7) is 2.19. The van der Waals surface area contributed by atoms with E-state index in [1.165, 1.54) is 18.4 Å². The minimum absolute atomic E-state index is 0.883. The third-order valence-electron chi connectivity index (χ3n) is 5.94. The van der Waals surface area contributed by atoms with Crippen molar-refractivity contribution in [2.75, 3.05) is 0 Å². The van der Waals surface area contributed by atoms with Crippen molar-refractivity contribution < 1.29 is 0 Å². The van der Waals surface area contributed by atoms with Crippen LogP contribution >= 0.6 is 0 Å². The maximum atomic E-state index is 2.38. The molecule has 1 aromatic carbocycles.